The zero-order valence-electron chi connectivity index (χ0n) is 16.6. The van der Waals surface area contributed by atoms with Gasteiger partial charge in [-0.1, -0.05) is 0 Å². The highest BCUT2D eigenvalue weighted by Crippen LogP contribution is 2.24. The number of nitrogens with zero attached hydrogens (tertiary/aromatic N) is 4. The summed E-state index contributed by atoms with van der Waals surface area (Å²) in [5.41, 5.74) is 7.94. The lowest BCUT2D eigenvalue weighted by Gasteiger charge is -2.12. The number of nitrogens with two attached hydrogens (primary N) is 1. The molecule has 3 rings (SSSR count). The van der Waals surface area contributed by atoms with Gasteiger partial charge in [-0.25, -0.2) is 9.97 Å². The van der Waals surface area contributed by atoms with Gasteiger partial charge < -0.3 is 20.4 Å². The smallest absolute Gasteiger partial charge is 0.341 e. The number of amides is 2. The quantitative estimate of drug-likeness (QED) is 0.597. The van der Waals surface area contributed by atoms with Crippen LogP contribution in [0.15, 0.2) is 24.8 Å². The molecule has 3 aromatic heterocycles. The van der Waals surface area contributed by atoms with Gasteiger partial charge >= 0.3 is 5.92 Å². The van der Waals surface area contributed by atoms with E-state index >= 15 is 0 Å². The predicted octanol–water partition coefficient (Wildman–Crippen LogP) is 1.35. The Kier molecular flexibility index (Phi) is 5.63. The van der Waals surface area contributed by atoms with Crippen LogP contribution >= 0.6 is 0 Å². The van der Waals surface area contributed by atoms with Crippen LogP contribution in [-0.2, 0) is 11.3 Å². The largest absolute Gasteiger partial charge is 0.481 e. The number of carbonyl (C=O) groups is 2. The Labute approximate surface area is 170 Å². The minimum absolute atomic E-state index is 0.0870. The molecular formula is C19H20F2N6O3. The Bertz CT molecular complexity index is 1130. The monoisotopic (exact) mass is 418 g/mol. The lowest BCUT2D eigenvalue weighted by molar-refractivity contribution is -0.140. The Morgan fingerprint density at radius 2 is 2.00 bits per heavy atom. The summed E-state index contributed by atoms with van der Waals surface area (Å²) in [5, 5.41) is 2.05. The predicted molar refractivity (Wildman–Crippen MR) is 103 cm³/mol. The number of halogens is 2. The van der Waals surface area contributed by atoms with Crippen molar-refractivity contribution in [2.75, 3.05) is 13.7 Å². The van der Waals surface area contributed by atoms with Crippen molar-refractivity contribution in [2.45, 2.75) is 26.3 Å². The summed E-state index contributed by atoms with van der Waals surface area (Å²) in [6.45, 7) is 2.72. The number of methoxy groups -OCH3 is 1. The van der Waals surface area contributed by atoms with Crippen LogP contribution in [0.25, 0.3) is 11.0 Å². The Balaban J connectivity index is 1.98. The van der Waals surface area contributed by atoms with Crippen molar-refractivity contribution < 1.29 is 23.1 Å². The van der Waals surface area contributed by atoms with E-state index < -0.39 is 24.3 Å². The Hall–Kier alpha value is -3.63. The maximum absolute atomic E-state index is 13.5. The number of pyridine rings is 1. The van der Waals surface area contributed by atoms with Gasteiger partial charge in [0.2, 0.25) is 5.88 Å². The molecule has 0 fully saturated rings. The molecule has 0 spiro atoms. The summed E-state index contributed by atoms with van der Waals surface area (Å²) < 4.78 is 33.9. The van der Waals surface area contributed by atoms with Gasteiger partial charge in [0.1, 0.15) is 11.8 Å². The van der Waals surface area contributed by atoms with E-state index in [2.05, 4.69) is 20.7 Å². The molecule has 0 aliphatic heterocycles. The Morgan fingerprint density at radius 3 is 2.67 bits per heavy atom. The number of primary amides is 1. The lowest BCUT2D eigenvalue weighted by Crippen LogP contribution is -2.45. The second kappa shape index (κ2) is 8.01. The third-order valence-corrected chi connectivity index (χ3v) is 4.59. The van der Waals surface area contributed by atoms with E-state index in [1.807, 2.05) is 25.2 Å². The van der Waals surface area contributed by atoms with Gasteiger partial charge in [-0.15, -0.1) is 0 Å². The average Bonchev–Trinajstić information content (AvgIpc) is 3.05. The molecule has 0 radical (unpaired) electrons. The first-order chi connectivity index (χ1) is 14.1. The molecule has 0 aliphatic rings. The van der Waals surface area contributed by atoms with Crippen molar-refractivity contribution in [3.05, 3.63) is 47.2 Å². The molecule has 0 saturated carbocycles. The minimum Gasteiger partial charge on any atom is -0.481 e. The second-order valence-electron chi connectivity index (χ2n) is 6.76. The fraction of sp³-hybridized carbons (Fsp3) is 0.316. The van der Waals surface area contributed by atoms with E-state index in [0.717, 1.165) is 11.1 Å². The van der Waals surface area contributed by atoms with Crippen LogP contribution < -0.4 is 15.8 Å². The topological polar surface area (TPSA) is 125 Å². The highest BCUT2D eigenvalue weighted by atomic mass is 19.3. The molecule has 9 nitrogen and oxygen atoms in total. The van der Waals surface area contributed by atoms with Crippen LogP contribution in [0.5, 0.6) is 5.88 Å². The summed E-state index contributed by atoms with van der Waals surface area (Å²) in [7, 11) is 1.50. The van der Waals surface area contributed by atoms with Gasteiger partial charge in [0.25, 0.3) is 11.8 Å². The SMILES string of the molecule is COc1ncnc(Cn2cc(C(=O)NCC(F)(F)C(N)=O)c3ncc(C)cc32)c1C. The summed E-state index contributed by atoms with van der Waals surface area (Å²) in [6, 6.07) is 1.82. The summed E-state index contributed by atoms with van der Waals surface area (Å²) in [5.74, 6) is -6.04. The van der Waals surface area contributed by atoms with Crippen LogP contribution in [0.1, 0.15) is 27.2 Å². The van der Waals surface area contributed by atoms with Gasteiger partial charge in [0, 0.05) is 18.0 Å². The van der Waals surface area contributed by atoms with Crippen molar-refractivity contribution in [2.24, 2.45) is 5.73 Å². The molecular weight excluding hydrogens is 398 g/mol. The molecule has 30 heavy (non-hydrogen) atoms. The Morgan fingerprint density at radius 1 is 1.27 bits per heavy atom. The molecule has 0 saturated heterocycles. The molecule has 0 aromatic carbocycles. The highest BCUT2D eigenvalue weighted by molar-refractivity contribution is 6.05. The van der Waals surface area contributed by atoms with Crippen LogP contribution in [0, 0.1) is 13.8 Å². The van der Waals surface area contributed by atoms with Crippen LogP contribution in [-0.4, -0.2) is 50.9 Å². The number of hydrogen-bond acceptors (Lipinski definition) is 6. The number of aryl methyl sites for hydroxylation is 1. The number of aromatic nitrogens is 4. The lowest BCUT2D eigenvalue weighted by atomic mass is 10.2. The van der Waals surface area contributed by atoms with E-state index in [-0.39, 0.29) is 12.1 Å². The second-order valence-corrected chi connectivity index (χ2v) is 6.76. The van der Waals surface area contributed by atoms with Crippen molar-refractivity contribution in [1.82, 2.24) is 24.8 Å². The number of rotatable bonds is 7. The van der Waals surface area contributed by atoms with Crippen molar-refractivity contribution in [1.29, 1.82) is 0 Å². The molecule has 2 amide bonds. The molecule has 0 bridgehead atoms. The van der Waals surface area contributed by atoms with Gasteiger partial charge in [-0.3, -0.25) is 14.6 Å². The third kappa shape index (κ3) is 4.04. The molecule has 11 heteroatoms. The number of alkyl halides is 2. The molecule has 3 heterocycles. The normalized spacial score (nSPS) is 11.5. The van der Waals surface area contributed by atoms with Gasteiger partial charge in [0.15, 0.2) is 0 Å². The van der Waals surface area contributed by atoms with E-state index in [0.29, 0.717) is 22.6 Å². The maximum atomic E-state index is 13.5. The van der Waals surface area contributed by atoms with Crippen molar-refractivity contribution >= 4 is 22.8 Å². The van der Waals surface area contributed by atoms with E-state index in [9.17, 15) is 18.4 Å². The number of nitrogens with one attached hydrogen (secondary N) is 1. The summed E-state index contributed by atoms with van der Waals surface area (Å²) in [4.78, 5) is 35.9. The minimum atomic E-state index is -3.85. The summed E-state index contributed by atoms with van der Waals surface area (Å²) >= 11 is 0. The van der Waals surface area contributed by atoms with E-state index in [4.69, 9.17) is 4.74 Å². The molecule has 0 aliphatic carbocycles. The standard InChI is InChI=1S/C19H20F2N6O3/c1-10-4-14-15(23-5-10)12(16(28)24-8-19(20,21)18(22)29)6-27(14)7-13-11(2)17(30-3)26-9-25-13/h4-6,9H,7-8H2,1-3H3,(H2,22,29)(H,24,28). The van der Waals surface area contributed by atoms with E-state index in [1.165, 1.54) is 19.6 Å². The van der Waals surface area contributed by atoms with Crippen molar-refractivity contribution in [3.63, 3.8) is 0 Å². The van der Waals surface area contributed by atoms with Crippen LogP contribution in [0.2, 0.25) is 0 Å². The molecule has 158 valence electrons. The zero-order valence-corrected chi connectivity index (χ0v) is 16.6. The first-order valence-electron chi connectivity index (χ1n) is 8.90. The fourth-order valence-corrected chi connectivity index (χ4v) is 2.93. The highest BCUT2D eigenvalue weighted by Gasteiger charge is 2.37. The van der Waals surface area contributed by atoms with Gasteiger partial charge in [-0.2, -0.15) is 8.78 Å². The van der Waals surface area contributed by atoms with Crippen molar-refractivity contribution in [3.8, 4) is 5.88 Å². The maximum Gasteiger partial charge on any atom is 0.341 e. The van der Waals surface area contributed by atoms with Crippen LogP contribution in [0.3, 0.4) is 0 Å². The van der Waals surface area contributed by atoms with Crippen LogP contribution in [0.4, 0.5) is 8.78 Å². The fourth-order valence-electron chi connectivity index (χ4n) is 2.93. The first kappa shape index (κ1) is 21.1. The molecule has 3 N–H and O–H groups in total. The number of carbonyl (C=O) groups excluding carboxylic acids is 2. The zero-order chi connectivity index (χ0) is 22.1. The number of ether oxygens (including phenoxy) is 1. The molecule has 0 atom stereocenters. The van der Waals surface area contributed by atoms with Gasteiger partial charge in [-0.05, 0) is 25.5 Å². The van der Waals surface area contributed by atoms with Gasteiger partial charge in [0.05, 0.1) is 37.0 Å². The number of hydrogen-bond donors (Lipinski definition) is 2. The summed E-state index contributed by atoms with van der Waals surface area (Å²) in [6.07, 6.45) is 4.44. The molecule has 3 aromatic rings. The molecule has 0 unspecified atom stereocenters. The average molecular weight is 418 g/mol. The third-order valence-electron chi connectivity index (χ3n) is 4.59. The number of fused-ring (bicyclic) bond motifs is 1. The first-order valence-corrected chi connectivity index (χ1v) is 8.90. The van der Waals surface area contributed by atoms with E-state index in [1.54, 1.807) is 10.8 Å².